The highest BCUT2D eigenvalue weighted by Crippen LogP contribution is 2.27. The molecule has 0 bridgehead atoms. The van der Waals surface area contributed by atoms with Crippen LogP contribution in [0.2, 0.25) is 5.15 Å². The molecule has 0 aliphatic heterocycles. The first-order valence-corrected chi connectivity index (χ1v) is 5.74. The fourth-order valence-electron chi connectivity index (χ4n) is 0.966. The Hall–Kier alpha value is -0.540. The van der Waals surface area contributed by atoms with Crippen LogP contribution in [0.3, 0.4) is 0 Å². The second-order valence-corrected chi connectivity index (χ2v) is 4.79. The van der Waals surface area contributed by atoms with Crippen LogP contribution >= 0.6 is 23.4 Å². The Bertz CT molecular complexity index is 312. The molecular formula is C10H12ClNOS. The number of rotatable bonds is 4. The molecular weight excluding hydrogens is 218 g/mol. The van der Waals surface area contributed by atoms with Crippen molar-refractivity contribution >= 4 is 29.1 Å². The van der Waals surface area contributed by atoms with E-state index in [-0.39, 0.29) is 11.0 Å². The van der Waals surface area contributed by atoms with Crippen molar-refractivity contribution in [1.29, 1.82) is 0 Å². The first-order chi connectivity index (χ1) is 6.59. The summed E-state index contributed by atoms with van der Waals surface area (Å²) in [6, 6.07) is 3.70. The van der Waals surface area contributed by atoms with Gasteiger partial charge in [0.1, 0.15) is 10.9 Å². The summed E-state index contributed by atoms with van der Waals surface area (Å²) in [5.41, 5.74) is 1.10. The van der Waals surface area contributed by atoms with Crippen molar-refractivity contribution in [3.05, 3.63) is 29.0 Å². The quantitative estimate of drug-likeness (QED) is 0.744. The summed E-state index contributed by atoms with van der Waals surface area (Å²) < 4.78 is 0. The minimum atomic E-state index is 0.198. The lowest BCUT2D eigenvalue weighted by Gasteiger charge is -2.09. The van der Waals surface area contributed by atoms with Crippen molar-refractivity contribution in [3.8, 4) is 0 Å². The molecule has 76 valence electrons. The highest BCUT2D eigenvalue weighted by atomic mass is 35.5. The molecule has 0 spiro atoms. The summed E-state index contributed by atoms with van der Waals surface area (Å²) in [4.78, 5) is 14.8. The van der Waals surface area contributed by atoms with Gasteiger partial charge in [0.2, 0.25) is 0 Å². The number of Topliss-reactive ketones (excluding diaryl/α,β-unsaturated/α-hetero) is 1. The summed E-state index contributed by atoms with van der Waals surface area (Å²) in [6.07, 6.45) is 1.75. The van der Waals surface area contributed by atoms with E-state index in [0.717, 1.165) is 5.56 Å². The third-order valence-corrected chi connectivity index (χ3v) is 3.33. The van der Waals surface area contributed by atoms with Gasteiger partial charge in [0, 0.05) is 11.4 Å². The Morgan fingerprint density at radius 3 is 2.86 bits per heavy atom. The largest absolute Gasteiger partial charge is 0.299 e. The van der Waals surface area contributed by atoms with Crippen LogP contribution in [0.4, 0.5) is 0 Å². The second-order valence-electron chi connectivity index (χ2n) is 3.07. The average Bonchev–Trinajstić information content (AvgIpc) is 2.15. The zero-order valence-corrected chi connectivity index (χ0v) is 9.73. The highest BCUT2D eigenvalue weighted by molar-refractivity contribution is 8.00. The average molecular weight is 230 g/mol. The standard InChI is InChI=1S/C10H12ClNOS/c1-7(13)6-14-8(2)9-3-4-10(11)12-5-9/h3-5,8H,6H2,1-2H3. The fraction of sp³-hybridized carbons (Fsp3) is 0.400. The number of hydrogen-bond acceptors (Lipinski definition) is 3. The van der Waals surface area contributed by atoms with Gasteiger partial charge >= 0.3 is 0 Å². The van der Waals surface area contributed by atoms with Gasteiger partial charge in [-0.05, 0) is 25.5 Å². The van der Waals surface area contributed by atoms with Gasteiger partial charge in [0.25, 0.3) is 0 Å². The van der Waals surface area contributed by atoms with Gasteiger partial charge in [-0.3, -0.25) is 4.79 Å². The molecule has 1 unspecified atom stereocenters. The maximum absolute atomic E-state index is 10.8. The van der Waals surface area contributed by atoms with Gasteiger partial charge in [-0.15, -0.1) is 11.8 Å². The first kappa shape index (κ1) is 11.5. The molecule has 0 fully saturated rings. The zero-order chi connectivity index (χ0) is 10.6. The molecule has 0 saturated carbocycles. The van der Waals surface area contributed by atoms with Crippen molar-refractivity contribution in [2.75, 3.05) is 5.75 Å². The lowest BCUT2D eigenvalue weighted by molar-refractivity contribution is -0.114. The molecule has 1 aromatic heterocycles. The van der Waals surface area contributed by atoms with E-state index >= 15 is 0 Å². The van der Waals surface area contributed by atoms with Gasteiger partial charge in [-0.25, -0.2) is 4.98 Å². The third kappa shape index (κ3) is 3.68. The van der Waals surface area contributed by atoms with Crippen molar-refractivity contribution in [3.63, 3.8) is 0 Å². The lowest BCUT2D eigenvalue weighted by Crippen LogP contribution is -1.97. The zero-order valence-electron chi connectivity index (χ0n) is 8.16. The number of ketones is 1. The first-order valence-electron chi connectivity index (χ1n) is 4.32. The van der Waals surface area contributed by atoms with Crippen LogP contribution in [0.15, 0.2) is 18.3 Å². The van der Waals surface area contributed by atoms with Crippen LogP contribution in [-0.2, 0) is 4.79 Å². The number of carbonyl (C=O) groups is 1. The van der Waals surface area contributed by atoms with Crippen molar-refractivity contribution < 1.29 is 4.79 Å². The summed E-state index contributed by atoms with van der Waals surface area (Å²) in [5.74, 6) is 0.743. The maximum Gasteiger partial charge on any atom is 0.139 e. The van der Waals surface area contributed by atoms with E-state index in [1.807, 2.05) is 6.07 Å². The van der Waals surface area contributed by atoms with E-state index in [9.17, 15) is 4.79 Å². The number of nitrogens with zero attached hydrogens (tertiary/aromatic N) is 1. The molecule has 1 heterocycles. The van der Waals surface area contributed by atoms with Crippen LogP contribution < -0.4 is 0 Å². The number of halogens is 1. The van der Waals surface area contributed by atoms with E-state index in [0.29, 0.717) is 10.9 Å². The van der Waals surface area contributed by atoms with E-state index < -0.39 is 0 Å². The number of carbonyl (C=O) groups excluding carboxylic acids is 1. The summed E-state index contributed by atoms with van der Waals surface area (Å²) >= 11 is 7.28. The lowest BCUT2D eigenvalue weighted by atomic mass is 10.2. The molecule has 0 aromatic carbocycles. The Morgan fingerprint density at radius 1 is 1.64 bits per heavy atom. The monoisotopic (exact) mass is 229 g/mol. The van der Waals surface area contributed by atoms with Crippen LogP contribution in [0.1, 0.15) is 24.7 Å². The smallest absolute Gasteiger partial charge is 0.139 e. The highest BCUT2D eigenvalue weighted by Gasteiger charge is 2.07. The molecule has 2 nitrogen and oxygen atoms in total. The van der Waals surface area contributed by atoms with Gasteiger partial charge in [-0.2, -0.15) is 0 Å². The predicted molar refractivity (Wildman–Crippen MR) is 60.8 cm³/mol. The Morgan fingerprint density at radius 2 is 2.36 bits per heavy atom. The summed E-state index contributed by atoms with van der Waals surface area (Å²) in [7, 11) is 0. The summed E-state index contributed by atoms with van der Waals surface area (Å²) in [6.45, 7) is 3.65. The molecule has 0 amide bonds. The summed E-state index contributed by atoms with van der Waals surface area (Å²) in [5, 5.41) is 0.779. The topological polar surface area (TPSA) is 30.0 Å². The van der Waals surface area contributed by atoms with Crippen LogP contribution in [0, 0.1) is 0 Å². The Labute approximate surface area is 93.1 Å². The molecule has 1 rings (SSSR count). The fourth-order valence-corrected chi connectivity index (χ4v) is 1.89. The normalized spacial score (nSPS) is 12.5. The van der Waals surface area contributed by atoms with Gasteiger partial charge in [0.15, 0.2) is 0 Å². The second kappa shape index (κ2) is 5.37. The van der Waals surface area contributed by atoms with Crippen molar-refractivity contribution in [2.24, 2.45) is 0 Å². The van der Waals surface area contributed by atoms with Crippen LogP contribution in [-0.4, -0.2) is 16.5 Å². The number of pyridine rings is 1. The number of aromatic nitrogens is 1. The molecule has 0 aliphatic rings. The van der Waals surface area contributed by atoms with E-state index in [1.165, 1.54) is 0 Å². The predicted octanol–water partition coefficient (Wildman–Crippen LogP) is 3.12. The van der Waals surface area contributed by atoms with Gasteiger partial charge in [0.05, 0.1) is 5.75 Å². The molecule has 0 saturated heterocycles. The third-order valence-electron chi connectivity index (χ3n) is 1.76. The molecule has 1 atom stereocenters. The molecule has 14 heavy (non-hydrogen) atoms. The minimum Gasteiger partial charge on any atom is -0.299 e. The Kier molecular flexibility index (Phi) is 4.42. The Balaban J connectivity index is 2.56. The van der Waals surface area contributed by atoms with Crippen molar-refractivity contribution in [2.45, 2.75) is 19.1 Å². The minimum absolute atomic E-state index is 0.198. The van der Waals surface area contributed by atoms with Crippen molar-refractivity contribution in [1.82, 2.24) is 4.98 Å². The van der Waals surface area contributed by atoms with E-state index in [4.69, 9.17) is 11.6 Å². The van der Waals surface area contributed by atoms with E-state index in [1.54, 1.807) is 30.9 Å². The van der Waals surface area contributed by atoms with Gasteiger partial charge in [-0.1, -0.05) is 17.7 Å². The van der Waals surface area contributed by atoms with Crippen LogP contribution in [0.25, 0.3) is 0 Å². The number of hydrogen-bond donors (Lipinski definition) is 0. The maximum atomic E-state index is 10.8. The molecule has 0 N–H and O–H groups in total. The van der Waals surface area contributed by atoms with Crippen LogP contribution in [0.5, 0.6) is 0 Å². The van der Waals surface area contributed by atoms with E-state index in [2.05, 4.69) is 11.9 Å². The molecule has 0 aliphatic carbocycles. The molecule has 4 heteroatoms. The molecule has 0 radical (unpaired) electrons. The molecule has 1 aromatic rings. The SMILES string of the molecule is CC(=O)CSC(C)c1ccc(Cl)nc1. The van der Waals surface area contributed by atoms with Gasteiger partial charge < -0.3 is 0 Å². The number of thioether (sulfide) groups is 1.